The maximum atomic E-state index is 6.58. The van der Waals surface area contributed by atoms with Gasteiger partial charge in [0.25, 0.3) is 0 Å². The van der Waals surface area contributed by atoms with Crippen LogP contribution in [0.25, 0.3) is 88.0 Å². The van der Waals surface area contributed by atoms with E-state index in [9.17, 15) is 0 Å². The first-order valence-corrected chi connectivity index (χ1v) is 20.0. The lowest BCUT2D eigenvalue weighted by molar-refractivity contribution is 0.660. The van der Waals surface area contributed by atoms with Crippen molar-refractivity contribution in [2.45, 2.75) is 19.3 Å². The lowest BCUT2D eigenvalue weighted by Crippen LogP contribution is -2.16. The number of nitrogens with zero attached hydrogens (tertiary/aromatic N) is 1. The Hall–Kier alpha value is -7.36. The number of fused-ring (bicyclic) bond motifs is 10. The summed E-state index contributed by atoms with van der Waals surface area (Å²) in [4.78, 5) is 2.43. The number of anilines is 3. The van der Waals surface area contributed by atoms with E-state index in [0.29, 0.717) is 0 Å². The van der Waals surface area contributed by atoms with E-state index in [1.165, 1.54) is 33.0 Å². The Labute approximate surface area is 336 Å². The Morgan fingerprint density at radius 2 is 1.03 bits per heavy atom. The molecule has 0 spiro atoms. The van der Waals surface area contributed by atoms with Gasteiger partial charge in [-0.25, -0.2) is 0 Å². The summed E-state index contributed by atoms with van der Waals surface area (Å²) in [7, 11) is 0. The molecule has 0 radical (unpaired) electrons. The number of benzene rings is 9. The molecule has 1 aliphatic carbocycles. The quantitative estimate of drug-likeness (QED) is 0.176. The van der Waals surface area contributed by atoms with Gasteiger partial charge in [-0.2, -0.15) is 0 Å². The van der Waals surface area contributed by atoms with Crippen molar-refractivity contribution < 1.29 is 8.83 Å². The summed E-state index contributed by atoms with van der Waals surface area (Å²) in [5.74, 6) is 0. The second-order valence-corrected chi connectivity index (χ2v) is 16.1. The molecular formula is C55H37NO2. The van der Waals surface area contributed by atoms with Crippen LogP contribution in [0.2, 0.25) is 0 Å². The summed E-state index contributed by atoms with van der Waals surface area (Å²) in [5.41, 5.74) is 16.5. The summed E-state index contributed by atoms with van der Waals surface area (Å²) < 4.78 is 13.1. The Balaban J connectivity index is 1.07. The SMILES string of the molecule is CC1(C)c2ccccc2-c2ccc(N(c3ccc(-c4cccc5c4oc4ccccc45)cc3)c3ccccc3-c3cccc4oc5cc6ccccc6cc5c34)cc21. The predicted octanol–water partition coefficient (Wildman–Crippen LogP) is 15.7. The van der Waals surface area contributed by atoms with Crippen molar-refractivity contribution in [1.82, 2.24) is 0 Å². The van der Waals surface area contributed by atoms with Crippen LogP contribution in [-0.2, 0) is 5.41 Å². The Morgan fingerprint density at radius 1 is 0.397 bits per heavy atom. The van der Waals surface area contributed by atoms with Crippen LogP contribution in [-0.4, -0.2) is 0 Å². The molecule has 58 heavy (non-hydrogen) atoms. The van der Waals surface area contributed by atoms with Gasteiger partial charge in [-0.1, -0.05) is 147 Å². The average molecular weight is 744 g/mol. The van der Waals surface area contributed by atoms with Crippen molar-refractivity contribution in [3.05, 3.63) is 199 Å². The normalized spacial score (nSPS) is 13.1. The van der Waals surface area contributed by atoms with Gasteiger partial charge in [-0.15, -0.1) is 0 Å². The maximum absolute atomic E-state index is 6.58. The molecule has 274 valence electrons. The summed E-state index contributed by atoms with van der Waals surface area (Å²) in [6, 6.07) is 67.7. The molecule has 12 rings (SSSR count). The first-order valence-electron chi connectivity index (χ1n) is 20.0. The highest BCUT2D eigenvalue weighted by Gasteiger charge is 2.36. The van der Waals surface area contributed by atoms with Gasteiger partial charge in [0.2, 0.25) is 0 Å². The predicted molar refractivity (Wildman–Crippen MR) is 242 cm³/mol. The summed E-state index contributed by atoms with van der Waals surface area (Å²) >= 11 is 0. The van der Waals surface area contributed by atoms with Gasteiger partial charge in [0.15, 0.2) is 0 Å². The zero-order chi connectivity index (χ0) is 38.5. The van der Waals surface area contributed by atoms with Crippen LogP contribution in [0.4, 0.5) is 17.1 Å². The van der Waals surface area contributed by atoms with Crippen molar-refractivity contribution in [3.8, 4) is 33.4 Å². The smallest absolute Gasteiger partial charge is 0.143 e. The van der Waals surface area contributed by atoms with Crippen LogP contribution in [0, 0.1) is 0 Å². The van der Waals surface area contributed by atoms with E-state index in [1.807, 2.05) is 12.1 Å². The van der Waals surface area contributed by atoms with E-state index in [4.69, 9.17) is 8.83 Å². The molecule has 0 bridgehead atoms. The molecule has 0 atom stereocenters. The molecule has 9 aromatic carbocycles. The van der Waals surface area contributed by atoms with Gasteiger partial charge >= 0.3 is 0 Å². The zero-order valence-corrected chi connectivity index (χ0v) is 32.2. The van der Waals surface area contributed by atoms with E-state index in [-0.39, 0.29) is 5.41 Å². The molecule has 2 heterocycles. The Kier molecular flexibility index (Phi) is 6.98. The molecule has 0 unspecified atom stereocenters. The molecule has 0 saturated heterocycles. The summed E-state index contributed by atoms with van der Waals surface area (Å²) in [6.45, 7) is 4.70. The topological polar surface area (TPSA) is 29.5 Å². The standard InChI is InChI=1S/C55H37NO2/c1-55(2)47-21-8-5-15-40(47)41-30-29-38(33-48(41)55)56(37-27-25-34(26-28-37)39-18-11-20-45-43-17-7-10-23-50(43)58-54(39)45)49-22-9-6-16-42(49)44-19-12-24-51-53(44)46-31-35-13-3-4-14-36(35)32-52(46)57-51/h3-33H,1-2H3. The van der Waals surface area contributed by atoms with Gasteiger partial charge in [0.1, 0.15) is 22.3 Å². The summed E-state index contributed by atoms with van der Waals surface area (Å²) in [5, 5.41) is 6.87. The van der Waals surface area contributed by atoms with E-state index in [2.05, 4.69) is 195 Å². The van der Waals surface area contributed by atoms with Crippen molar-refractivity contribution in [2.24, 2.45) is 0 Å². The highest BCUT2D eigenvalue weighted by atomic mass is 16.3. The second-order valence-electron chi connectivity index (χ2n) is 16.1. The van der Waals surface area contributed by atoms with Crippen LogP contribution < -0.4 is 4.90 Å². The fourth-order valence-electron chi connectivity index (χ4n) is 9.66. The molecule has 0 aliphatic heterocycles. The summed E-state index contributed by atoms with van der Waals surface area (Å²) in [6.07, 6.45) is 0. The third-order valence-corrected chi connectivity index (χ3v) is 12.5. The van der Waals surface area contributed by atoms with Crippen LogP contribution in [0.3, 0.4) is 0 Å². The molecule has 3 nitrogen and oxygen atoms in total. The molecule has 3 heteroatoms. The van der Waals surface area contributed by atoms with Crippen LogP contribution in [0.15, 0.2) is 197 Å². The third kappa shape index (κ3) is 4.80. The number of para-hydroxylation sites is 3. The van der Waals surface area contributed by atoms with Gasteiger partial charge in [-0.05, 0) is 98.8 Å². The van der Waals surface area contributed by atoms with Crippen molar-refractivity contribution in [1.29, 1.82) is 0 Å². The zero-order valence-electron chi connectivity index (χ0n) is 32.2. The molecule has 0 amide bonds. The third-order valence-electron chi connectivity index (χ3n) is 12.5. The number of rotatable bonds is 5. The molecule has 1 aliphatic rings. The second kappa shape index (κ2) is 12.3. The van der Waals surface area contributed by atoms with Crippen LogP contribution >= 0.6 is 0 Å². The Bertz CT molecular complexity index is 3440. The maximum Gasteiger partial charge on any atom is 0.143 e. The molecule has 11 aromatic rings. The fourth-order valence-corrected chi connectivity index (χ4v) is 9.66. The molecular weight excluding hydrogens is 707 g/mol. The van der Waals surface area contributed by atoms with Gasteiger partial charge in [-0.3, -0.25) is 0 Å². The van der Waals surface area contributed by atoms with Gasteiger partial charge in [0.05, 0.1) is 5.69 Å². The minimum atomic E-state index is -0.147. The molecule has 0 N–H and O–H groups in total. The first kappa shape index (κ1) is 32.8. The van der Waals surface area contributed by atoms with Crippen molar-refractivity contribution in [3.63, 3.8) is 0 Å². The van der Waals surface area contributed by atoms with Crippen LogP contribution in [0.5, 0.6) is 0 Å². The lowest BCUT2D eigenvalue weighted by atomic mass is 9.82. The number of hydrogen-bond donors (Lipinski definition) is 0. The first-order chi connectivity index (χ1) is 28.5. The highest BCUT2D eigenvalue weighted by Crippen LogP contribution is 2.52. The van der Waals surface area contributed by atoms with E-state index in [1.54, 1.807) is 0 Å². The van der Waals surface area contributed by atoms with Gasteiger partial charge < -0.3 is 13.7 Å². The molecule has 0 saturated carbocycles. The van der Waals surface area contributed by atoms with Gasteiger partial charge in [0, 0.05) is 49.5 Å². The molecule has 0 fully saturated rings. The van der Waals surface area contributed by atoms with E-state index >= 15 is 0 Å². The van der Waals surface area contributed by atoms with E-state index < -0.39 is 0 Å². The highest BCUT2D eigenvalue weighted by molar-refractivity contribution is 6.17. The van der Waals surface area contributed by atoms with Crippen LogP contribution in [0.1, 0.15) is 25.0 Å². The number of hydrogen-bond acceptors (Lipinski definition) is 3. The fraction of sp³-hybridized carbons (Fsp3) is 0.0545. The van der Waals surface area contributed by atoms with Crippen molar-refractivity contribution >= 4 is 71.7 Å². The minimum Gasteiger partial charge on any atom is -0.456 e. The van der Waals surface area contributed by atoms with Crippen molar-refractivity contribution in [2.75, 3.05) is 4.90 Å². The Morgan fingerprint density at radius 3 is 1.91 bits per heavy atom. The average Bonchev–Trinajstić information content (AvgIpc) is 3.91. The molecule has 2 aromatic heterocycles. The monoisotopic (exact) mass is 743 g/mol. The lowest BCUT2D eigenvalue weighted by Gasteiger charge is -2.30. The number of furan rings is 2. The largest absolute Gasteiger partial charge is 0.456 e. The minimum absolute atomic E-state index is 0.147. The van der Waals surface area contributed by atoms with E-state index in [0.717, 1.165) is 83.2 Å².